The van der Waals surface area contributed by atoms with Crippen molar-refractivity contribution in [3.63, 3.8) is 0 Å². The first-order valence-corrected chi connectivity index (χ1v) is 10.2. The third-order valence-corrected chi connectivity index (χ3v) is 5.13. The molecule has 13 heteroatoms. The molecule has 184 valence electrons. The number of aliphatic hydroxyl groups excluding tert-OH is 8. The Hall–Kier alpha value is -0.520. The molecular formula is C18H34O13. The normalized spacial score (nSPS) is 41.4. The summed E-state index contributed by atoms with van der Waals surface area (Å²) < 4.78 is 26.5. The van der Waals surface area contributed by atoms with Gasteiger partial charge >= 0.3 is 0 Å². The molecule has 2 fully saturated rings. The molecule has 0 spiro atoms. The first kappa shape index (κ1) is 26.7. The van der Waals surface area contributed by atoms with Gasteiger partial charge in [0.2, 0.25) is 0 Å². The van der Waals surface area contributed by atoms with Crippen LogP contribution in [0.25, 0.3) is 0 Å². The second kappa shape index (κ2) is 13.3. The predicted octanol–water partition coefficient (Wildman–Crippen LogP) is -4.58. The van der Waals surface area contributed by atoms with E-state index < -0.39 is 74.6 Å². The zero-order valence-electron chi connectivity index (χ0n) is 17.0. The number of rotatable bonds is 12. The van der Waals surface area contributed by atoms with Crippen molar-refractivity contribution in [2.24, 2.45) is 0 Å². The fourth-order valence-corrected chi connectivity index (χ4v) is 3.23. The van der Waals surface area contributed by atoms with Crippen LogP contribution in [-0.4, -0.2) is 142 Å². The molecule has 0 aliphatic carbocycles. The highest BCUT2D eigenvalue weighted by Gasteiger charge is 2.44. The topological polar surface area (TPSA) is 208 Å². The second-order valence-corrected chi connectivity index (χ2v) is 7.46. The lowest BCUT2D eigenvalue weighted by Crippen LogP contribution is -2.59. The zero-order valence-corrected chi connectivity index (χ0v) is 17.0. The molecule has 0 aromatic rings. The third-order valence-electron chi connectivity index (χ3n) is 5.13. The monoisotopic (exact) mass is 458 g/mol. The lowest BCUT2D eigenvalue weighted by Gasteiger charge is -2.39. The second-order valence-electron chi connectivity index (χ2n) is 7.46. The first-order chi connectivity index (χ1) is 14.8. The van der Waals surface area contributed by atoms with Gasteiger partial charge in [-0.2, -0.15) is 0 Å². The summed E-state index contributed by atoms with van der Waals surface area (Å²) >= 11 is 0. The van der Waals surface area contributed by atoms with Crippen molar-refractivity contribution in [1.29, 1.82) is 0 Å². The largest absolute Gasteiger partial charge is 0.394 e. The van der Waals surface area contributed by atoms with Crippen LogP contribution in [0.5, 0.6) is 0 Å². The van der Waals surface area contributed by atoms with Crippen LogP contribution in [0.2, 0.25) is 0 Å². The quantitative estimate of drug-likeness (QED) is 0.130. The first-order valence-electron chi connectivity index (χ1n) is 10.2. The molecule has 31 heavy (non-hydrogen) atoms. The molecule has 0 aromatic heterocycles. The van der Waals surface area contributed by atoms with Crippen LogP contribution in [0.4, 0.5) is 0 Å². The minimum atomic E-state index is -1.49. The Balaban J connectivity index is 1.53. The standard InChI is InChI=1S/C18H34O13/c19-7-9-11(21)13(23)15(25)17(30-9)28-5-1-3-27-4-2-6-29-18-16(26)14(24)12(22)10(8-20)31-18/h9-26H,1-8H2. The molecule has 2 aliphatic rings. The van der Waals surface area contributed by atoms with Crippen LogP contribution < -0.4 is 0 Å². The molecule has 2 saturated heterocycles. The van der Waals surface area contributed by atoms with Gasteiger partial charge in [0.25, 0.3) is 0 Å². The van der Waals surface area contributed by atoms with Gasteiger partial charge in [0.05, 0.1) is 26.4 Å². The van der Waals surface area contributed by atoms with E-state index in [-0.39, 0.29) is 13.2 Å². The van der Waals surface area contributed by atoms with E-state index in [2.05, 4.69) is 0 Å². The maximum atomic E-state index is 9.85. The van der Waals surface area contributed by atoms with E-state index in [0.29, 0.717) is 26.1 Å². The summed E-state index contributed by atoms with van der Waals surface area (Å²) in [4.78, 5) is 0. The highest BCUT2D eigenvalue weighted by atomic mass is 16.7. The van der Waals surface area contributed by atoms with Crippen LogP contribution >= 0.6 is 0 Å². The van der Waals surface area contributed by atoms with Gasteiger partial charge in [0.15, 0.2) is 12.6 Å². The number of ether oxygens (including phenoxy) is 5. The zero-order chi connectivity index (χ0) is 23.0. The SMILES string of the molecule is OCC1OC(OCCCOCCCOC2OC(CO)C(O)C(O)C2O)C(O)C(O)C1O. The molecule has 2 aliphatic heterocycles. The summed E-state index contributed by atoms with van der Waals surface area (Å²) in [6.07, 6.45) is -12.3. The highest BCUT2D eigenvalue weighted by molar-refractivity contribution is 4.89. The summed E-state index contributed by atoms with van der Waals surface area (Å²) in [5, 5.41) is 76.7. The van der Waals surface area contributed by atoms with Crippen molar-refractivity contribution in [2.45, 2.75) is 74.3 Å². The molecule has 0 radical (unpaired) electrons. The van der Waals surface area contributed by atoms with Crippen molar-refractivity contribution in [1.82, 2.24) is 0 Å². The van der Waals surface area contributed by atoms with Crippen molar-refractivity contribution >= 4 is 0 Å². The van der Waals surface area contributed by atoms with Gasteiger partial charge in [0, 0.05) is 13.2 Å². The van der Waals surface area contributed by atoms with Crippen molar-refractivity contribution in [3.05, 3.63) is 0 Å². The molecule has 10 unspecified atom stereocenters. The third kappa shape index (κ3) is 7.23. The number of hydrogen-bond acceptors (Lipinski definition) is 13. The van der Waals surface area contributed by atoms with Gasteiger partial charge in [-0.3, -0.25) is 0 Å². The molecule has 0 amide bonds. The van der Waals surface area contributed by atoms with Crippen molar-refractivity contribution in [2.75, 3.05) is 39.6 Å². The van der Waals surface area contributed by atoms with E-state index >= 15 is 0 Å². The van der Waals surface area contributed by atoms with E-state index in [1.54, 1.807) is 0 Å². The Labute approximate surface area is 179 Å². The molecule has 0 aromatic carbocycles. The molecule has 0 saturated carbocycles. The van der Waals surface area contributed by atoms with Crippen molar-refractivity contribution < 1.29 is 64.5 Å². The van der Waals surface area contributed by atoms with Gasteiger partial charge in [0.1, 0.15) is 48.8 Å². The van der Waals surface area contributed by atoms with Gasteiger partial charge < -0.3 is 64.5 Å². The Kier molecular flexibility index (Phi) is 11.4. The van der Waals surface area contributed by atoms with E-state index in [1.165, 1.54) is 0 Å². The van der Waals surface area contributed by atoms with Crippen LogP contribution in [0, 0.1) is 0 Å². The number of hydrogen-bond donors (Lipinski definition) is 8. The molecular weight excluding hydrogens is 424 g/mol. The van der Waals surface area contributed by atoms with Crippen LogP contribution in [-0.2, 0) is 23.7 Å². The van der Waals surface area contributed by atoms with E-state index in [0.717, 1.165) is 0 Å². The summed E-state index contributed by atoms with van der Waals surface area (Å²) in [5.74, 6) is 0. The molecule has 2 rings (SSSR count). The molecule has 10 atom stereocenters. The Bertz CT molecular complexity index is 451. The average Bonchev–Trinajstić information content (AvgIpc) is 2.77. The van der Waals surface area contributed by atoms with Crippen LogP contribution in [0.15, 0.2) is 0 Å². The highest BCUT2D eigenvalue weighted by Crippen LogP contribution is 2.23. The van der Waals surface area contributed by atoms with E-state index in [4.69, 9.17) is 33.9 Å². The van der Waals surface area contributed by atoms with Crippen LogP contribution in [0.3, 0.4) is 0 Å². The summed E-state index contributed by atoms with van der Waals surface area (Å²) in [7, 11) is 0. The lowest BCUT2D eigenvalue weighted by atomic mass is 9.99. The van der Waals surface area contributed by atoms with Crippen molar-refractivity contribution in [3.8, 4) is 0 Å². The van der Waals surface area contributed by atoms with Gasteiger partial charge in [-0.05, 0) is 12.8 Å². The maximum absolute atomic E-state index is 9.85. The Morgan fingerprint density at radius 1 is 0.516 bits per heavy atom. The average molecular weight is 458 g/mol. The minimum absolute atomic E-state index is 0.143. The van der Waals surface area contributed by atoms with Gasteiger partial charge in [-0.1, -0.05) is 0 Å². The Morgan fingerprint density at radius 2 is 0.903 bits per heavy atom. The Morgan fingerprint density at radius 3 is 1.26 bits per heavy atom. The van der Waals surface area contributed by atoms with E-state index in [9.17, 15) is 30.6 Å². The number of aliphatic hydroxyl groups is 8. The summed E-state index contributed by atoms with van der Waals surface area (Å²) in [6, 6.07) is 0. The molecule has 0 bridgehead atoms. The fraction of sp³-hybridized carbons (Fsp3) is 1.00. The lowest BCUT2D eigenvalue weighted by molar-refractivity contribution is -0.301. The van der Waals surface area contributed by atoms with Gasteiger partial charge in [-0.25, -0.2) is 0 Å². The van der Waals surface area contributed by atoms with E-state index in [1.807, 2.05) is 0 Å². The molecule has 8 N–H and O–H groups in total. The minimum Gasteiger partial charge on any atom is -0.394 e. The maximum Gasteiger partial charge on any atom is 0.186 e. The van der Waals surface area contributed by atoms with Gasteiger partial charge in [-0.15, -0.1) is 0 Å². The summed E-state index contributed by atoms with van der Waals surface area (Å²) in [5.41, 5.74) is 0. The molecule has 2 heterocycles. The fourth-order valence-electron chi connectivity index (χ4n) is 3.23. The smallest absolute Gasteiger partial charge is 0.186 e. The molecule has 13 nitrogen and oxygen atoms in total. The van der Waals surface area contributed by atoms with Crippen LogP contribution in [0.1, 0.15) is 12.8 Å². The summed E-state index contributed by atoms with van der Waals surface area (Å²) in [6.45, 7) is -0.138. The predicted molar refractivity (Wildman–Crippen MR) is 99.5 cm³/mol.